The zero-order valence-corrected chi connectivity index (χ0v) is 16.3. The van der Waals surface area contributed by atoms with Crippen molar-refractivity contribution in [3.63, 3.8) is 0 Å². The Bertz CT molecular complexity index is 873. The van der Waals surface area contributed by atoms with E-state index >= 15 is 0 Å². The average molecular weight is 402 g/mol. The zero-order chi connectivity index (χ0) is 20.8. The fourth-order valence-electron chi connectivity index (χ4n) is 3.70. The van der Waals surface area contributed by atoms with Crippen molar-refractivity contribution >= 4 is 11.8 Å². The Morgan fingerprint density at radius 3 is 2.52 bits per heavy atom. The molecular weight excluding hydrogens is 378 g/mol. The number of hydrogen-bond donors (Lipinski definition) is 0. The number of alkyl halides is 2. The minimum Gasteiger partial charge on any atom is -0.434 e. The number of esters is 1. The number of benzene rings is 2. The normalized spacial score (nSPS) is 14.6. The number of carbonyl (C=O) groups is 2. The van der Waals surface area contributed by atoms with E-state index in [1.807, 2.05) is 0 Å². The Morgan fingerprint density at radius 2 is 1.83 bits per heavy atom. The second-order valence-corrected chi connectivity index (χ2v) is 7.36. The first-order chi connectivity index (χ1) is 13.9. The van der Waals surface area contributed by atoms with Crippen LogP contribution in [0.2, 0.25) is 0 Å². The van der Waals surface area contributed by atoms with Crippen LogP contribution in [0.5, 0.6) is 11.5 Å². The van der Waals surface area contributed by atoms with E-state index in [-0.39, 0.29) is 23.3 Å². The molecule has 154 valence electrons. The number of ether oxygens (including phenoxy) is 2. The molecule has 2 aromatic rings. The molecule has 0 aliphatic heterocycles. The molecule has 1 aliphatic carbocycles. The molecule has 0 unspecified atom stereocenters. The van der Waals surface area contributed by atoms with Crippen molar-refractivity contribution in [3.8, 4) is 22.6 Å². The predicted molar refractivity (Wildman–Crippen MR) is 105 cm³/mol. The topological polar surface area (TPSA) is 52.6 Å². The van der Waals surface area contributed by atoms with Gasteiger partial charge in [0.2, 0.25) is 0 Å². The fraction of sp³-hybridized carbons (Fsp3) is 0.391. The zero-order valence-electron chi connectivity index (χ0n) is 16.3. The molecule has 0 heterocycles. The average Bonchev–Trinajstić information content (AvgIpc) is 2.69. The standard InChI is InChI=1S/C23H24F2O4/c1-15(26)17-8-5-9-18(13-17)20-14-19(10-11-21(20)29-23(24)25)28-22(27)12-16-6-3-2-4-7-16/h5,8-11,13-14,16,23H,2-4,6-7,12H2,1H3. The van der Waals surface area contributed by atoms with Gasteiger partial charge in [0.1, 0.15) is 11.5 Å². The summed E-state index contributed by atoms with van der Waals surface area (Å²) in [6.45, 7) is -1.57. The molecule has 0 N–H and O–H groups in total. The third-order valence-corrected chi connectivity index (χ3v) is 5.16. The first kappa shape index (κ1) is 21.0. The van der Waals surface area contributed by atoms with E-state index in [2.05, 4.69) is 4.74 Å². The summed E-state index contributed by atoms with van der Waals surface area (Å²) < 4.78 is 35.8. The van der Waals surface area contributed by atoms with E-state index in [0.717, 1.165) is 25.7 Å². The van der Waals surface area contributed by atoms with Crippen molar-refractivity contribution in [3.05, 3.63) is 48.0 Å². The van der Waals surface area contributed by atoms with Crippen molar-refractivity contribution in [2.24, 2.45) is 5.92 Å². The largest absolute Gasteiger partial charge is 0.434 e. The van der Waals surface area contributed by atoms with Crippen LogP contribution in [0.25, 0.3) is 11.1 Å². The highest BCUT2D eigenvalue weighted by Crippen LogP contribution is 2.35. The maximum Gasteiger partial charge on any atom is 0.387 e. The Kier molecular flexibility index (Phi) is 6.96. The van der Waals surface area contributed by atoms with Crippen molar-refractivity contribution in [1.82, 2.24) is 0 Å². The van der Waals surface area contributed by atoms with Gasteiger partial charge in [-0.25, -0.2) is 0 Å². The van der Waals surface area contributed by atoms with Crippen molar-refractivity contribution in [2.75, 3.05) is 0 Å². The minimum atomic E-state index is -3.00. The smallest absolute Gasteiger partial charge is 0.387 e. The fourth-order valence-corrected chi connectivity index (χ4v) is 3.70. The summed E-state index contributed by atoms with van der Waals surface area (Å²) >= 11 is 0. The second-order valence-electron chi connectivity index (χ2n) is 7.36. The molecule has 0 aromatic heterocycles. The molecule has 2 aromatic carbocycles. The minimum absolute atomic E-state index is 0.0484. The van der Waals surface area contributed by atoms with Crippen LogP contribution in [0.15, 0.2) is 42.5 Å². The number of halogens is 2. The maximum absolute atomic E-state index is 12.8. The van der Waals surface area contributed by atoms with E-state index in [9.17, 15) is 18.4 Å². The van der Waals surface area contributed by atoms with Gasteiger partial charge in [0.25, 0.3) is 0 Å². The molecule has 1 aliphatic rings. The molecule has 1 fully saturated rings. The summed E-state index contributed by atoms with van der Waals surface area (Å²) in [6.07, 6.45) is 5.88. The van der Waals surface area contributed by atoms with Crippen LogP contribution in [0.1, 0.15) is 55.8 Å². The quantitative estimate of drug-likeness (QED) is 0.322. The first-order valence-electron chi connectivity index (χ1n) is 9.83. The third-order valence-electron chi connectivity index (χ3n) is 5.16. The molecule has 29 heavy (non-hydrogen) atoms. The Morgan fingerprint density at radius 1 is 1.07 bits per heavy atom. The first-order valence-corrected chi connectivity index (χ1v) is 9.83. The highest BCUT2D eigenvalue weighted by Gasteiger charge is 2.19. The molecule has 0 bridgehead atoms. The summed E-state index contributed by atoms with van der Waals surface area (Å²) in [5, 5.41) is 0. The van der Waals surface area contributed by atoms with Gasteiger partial charge in [-0.05, 0) is 55.5 Å². The number of ketones is 1. The van der Waals surface area contributed by atoms with E-state index in [1.54, 1.807) is 24.3 Å². The highest BCUT2D eigenvalue weighted by molar-refractivity contribution is 5.95. The predicted octanol–water partition coefficient (Wildman–Crippen LogP) is 6.03. The van der Waals surface area contributed by atoms with Gasteiger partial charge in [-0.2, -0.15) is 8.78 Å². The molecule has 6 heteroatoms. The van der Waals surface area contributed by atoms with Crippen LogP contribution < -0.4 is 9.47 Å². The lowest BCUT2D eigenvalue weighted by molar-refractivity contribution is -0.135. The van der Waals surface area contributed by atoms with Gasteiger partial charge in [0.15, 0.2) is 5.78 Å². The van der Waals surface area contributed by atoms with Gasteiger partial charge in [0.05, 0.1) is 0 Å². The van der Waals surface area contributed by atoms with Crippen molar-refractivity contribution < 1.29 is 27.8 Å². The van der Waals surface area contributed by atoms with Crippen LogP contribution in [0.4, 0.5) is 8.78 Å². The van der Waals surface area contributed by atoms with E-state index < -0.39 is 6.61 Å². The van der Waals surface area contributed by atoms with Gasteiger partial charge in [0, 0.05) is 17.5 Å². The van der Waals surface area contributed by atoms with Crippen LogP contribution >= 0.6 is 0 Å². The molecule has 4 nitrogen and oxygen atoms in total. The molecule has 0 saturated heterocycles. The summed E-state index contributed by atoms with van der Waals surface area (Å²) in [5.41, 5.74) is 1.31. The highest BCUT2D eigenvalue weighted by atomic mass is 19.3. The SMILES string of the molecule is CC(=O)c1cccc(-c2cc(OC(=O)CC3CCCCC3)ccc2OC(F)F)c1. The van der Waals surface area contributed by atoms with Gasteiger partial charge >= 0.3 is 12.6 Å². The van der Waals surface area contributed by atoms with E-state index in [1.165, 1.54) is 31.5 Å². The van der Waals surface area contributed by atoms with Crippen LogP contribution in [0, 0.1) is 5.92 Å². The lowest BCUT2D eigenvalue weighted by Gasteiger charge is -2.20. The Hall–Kier alpha value is -2.76. The van der Waals surface area contributed by atoms with Crippen molar-refractivity contribution in [1.29, 1.82) is 0 Å². The second kappa shape index (κ2) is 9.63. The summed E-state index contributed by atoms with van der Waals surface area (Å²) in [5.74, 6) is 0.0777. The summed E-state index contributed by atoms with van der Waals surface area (Å²) in [7, 11) is 0. The maximum atomic E-state index is 12.8. The third kappa shape index (κ3) is 5.86. The van der Waals surface area contributed by atoms with Crippen LogP contribution in [0.3, 0.4) is 0 Å². The van der Waals surface area contributed by atoms with Gasteiger partial charge in [-0.3, -0.25) is 9.59 Å². The lowest BCUT2D eigenvalue weighted by atomic mass is 9.87. The molecule has 1 saturated carbocycles. The van der Waals surface area contributed by atoms with Crippen LogP contribution in [-0.2, 0) is 4.79 Å². The molecular formula is C23H24F2O4. The summed E-state index contributed by atoms with van der Waals surface area (Å²) in [4.78, 5) is 24.0. The molecule has 0 spiro atoms. The molecule has 0 amide bonds. The molecule has 3 rings (SSSR count). The number of rotatable bonds is 7. The Balaban J connectivity index is 1.84. The van der Waals surface area contributed by atoms with Crippen molar-refractivity contribution in [2.45, 2.75) is 52.1 Å². The Labute approximate surface area is 168 Å². The van der Waals surface area contributed by atoms with Gasteiger partial charge < -0.3 is 9.47 Å². The monoisotopic (exact) mass is 402 g/mol. The van der Waals surface area contributed by atoms with Gasteiger partial charge in [-0.15, -0.1) is 0 Å². The lowest BCUT2D eigenvalue weighted by Crippen LogP contribution is -2.16. The number of Topliss-reactive ketones (excluding diaryl/α,β-unsaturated/α-hetero) is 1. The van der Waals surface area contributed by atoms with E-state index in [0.29, 0.717) is 29.0 Å². The van der Waals surface area contributed by atoms with E-state index in [4.69, 9.17) is 4.74 Å². The van der Waals surface area contributed by atoms with Crippen LogP contribution in [-0.4, -0.2) is 18.4 Å². The van der Waals surface area contributed by atoms with Gasteiger partial charge in [-0.1, -0.05) is 37.5 Å². The molecule has 0 radical (unpaired) electrons. The molecule has 0 atom stereocenters. The number of hydrogen-bond acceptors (Lipinski definition) is 4. The summed E-state index contributed by atoms with van der Waals surface area (Å²) in [6, 6.07) is 10.9. The number of carbonyl (C=O) groups excluding carboxylic acids is 2.